The Morgan fingerprint density at radius 1 is 1.47 bits per heavy atom. The lowest BCUT2D eigenvalue weighted by Crippen LogP contribution is -2.23. The lowest BCUT2D eigenvalue weighted by Gasteiger charge is -2.03. The van der Waals surface area contributed by atoms with Crippen molar-refractivity contribution in [2.45, 2.75) is 25.2 Å². The molecule has 2 heterocycles. The Balaban J connectivity index is 2.11. The minimum absolute atomic E-state index is 0.136. The van der Waals surface area contributed by atoms with Gasteiger partial charge in [-0.1, -0.05) is 0 Å². The van der Waals surface area contributed by atoms with E-state index in [1.807, 2.05) is 0 Å². The smallest absolute Gasteiger partial charge is 0.274 e. The van der Waals surface area contributed by atoms with Crippen LogP contribution < -0.4 is 4.72 Å². The second-order valence-electron chi connectivity index (χ2n) is 4.12. The molecule has 0 fully saturated rings. The summed E-state index contributed by atoms with van der Waals surface area (Å²) in [6.45, 7) is 1.61. The van der Waals surface area contributed by atoms with E-state index in [9.17, 15) is 8.42 Å². The van der Waals surface area contributed by atoms with Crippen molar-refractivity contribution in [1.29, 1.82) is 0 Å². The maximum atomic E-state index is 11.9. The Morgan fingerprint density at radius 3 is 2.74 bits per heavy atom. The zero-order valence-corrected chi connectivity index (χ0v) is 11.4. The molecule has 104 valence electrons. The Labute approximate surface area is 110 Å². The molecule has 0 spiro atoms. The Kier molecular flexibility index (Phi) is 3.74. The third-order valence-corrected chi connectivity index (χ3v) is 3.90. The van der Waals surface area contributed by atoms with E-state index in [2.05, 4.69) is 9.82 Å². The van der Waals surface area contributed by atoms with Gasteiger partial charge in [0.1, 0.15) is 12.4 Å². The van der Waals surface area contributed by atoms with Crippen molar-refractivity contribution in [2.75, 3.05) is 0 Å². The summed E-state index contributed by atoms with van der Waals surface area (Å²) in [5.74, 6) is 0.206. The molecule has 0 amide bonds. The van der Waals surface area contributed by atoms with Gasteiger partial charge in [-0.2, -0.15) is 5.10 Å². The molecule has 0 aliphatic heterocycles. The maximum Gasteiger partial charge on any atom is 0.274 e. The quantitative estimate of drug-likeness (QED) is 0.823. The van der Waals surface area contributed by atoms with Gasteiger partial charge in [-0.15, -0.1) is 0 Å². The number of aromatic nitrogens is 2. The van der Waals surface area contributed by atoms with Gasteiger partial charge in [0.25, 0.3) is 10.0 Å². The molecule has 0 saturated carbocycles. The highest BCUT2D eigenvalue weighted by atomic mass is 32.2. The minimum atomic E-state index is -3.72. The van der Waals surface area contributed by atoms with Gasteiger partial charge in [-0.3, -0.25) is 4.68 Å². The van der Waals surface area contributed by atoms with Crippen LogP contribution in [-0.4, -0.2) is 23.3 Å². The highest BCUT2D eigenvalue weighted by molar-refractivity contribution is 7.89. The van der Waals surface area contributed by atoms with Crippen LogP contribution in [0.1, 0.15) is 17.0 Å². The molecule has 0 atom stereocenters. The van der Waals surface area contributed by atoms with E-state index in [0.29, 0.717) is 0 Å². The maximum absolute atomic E-state index is 11.9. The van der Waals surface area contributed by atoms with E-state index < -0.39 is 10.0 Å². The SMILES string of the molecule is Cc1nn(C)cc1CNS(=O)(=O)c1ccc(CO)o1. The van der Waals surface area contributed by atoms with E-state index in [1.54, 1.807) is 24.9 Å². The van der Waals surface area contributed by atoms with Gasteiger partial charge >= 0.3 is 0 Å². The van der Waals surface area contributed by atoms with Crippen molar-refractivity contribution in [1.82, 2.24) is 14.5 Å². The summed E-state index contributed by atoms with van der Waals surface area (Å²) in [4.78, 5) is 0. The highest BCUT2D eigenvalue weighted by Crippen LogP contribution is 2.14. The van der Waals surface area contributed by atoms with Crippen LogP contribution in [-0.2, 0) is 30.2 Å². The van der Waals surface area contributed by atoms with Gasteiger partial charge in [-0.25, -0.2) is 13.1 Å². The molecule has 0 aliphatic rings. The average molecular weight is 285 g/mol. The zero-order valence-electron chi connectivity index (χ0n) is 10.6. The molecule has 2 rings (SSSR count). The van der Waals surface area contributed by atoms with Crippen molar-refractivity contribution >= 4 is 10.0 Å². The van der Waals surface area contributed by atoms with Crippen molar-refractivity contribution in [3.63, 3.8) is 0 Å². The molecule has 0 aromatic carbocycles. The summed E-state index contributed by atoms with van der Waals surface area (Å²) in [5.41, 5.74) is 1.56. The molecule has 0 aliphatic carbocycles. The Hall–Kier alpha value is -1.64. The molecular weight excluding hydrogens is 270 g/mol. The summed E-state index contributed by atoms with van der Waals surface area (Å²) in [5, 5.41) is 12.8. The summed E-state index contributed by atoms with van der Waals surface area (Å²) in [6, 6.07) is 2.73. The third-order valence-electron chi connectivity index (χ3n) is 2.63. The first-order valence-corrected chi connectivity index (χ1v) is 7.09. The number of hydrogen-bond acceptors (Lipinski definition) is 5. The molecular formula is C11H15N3O4S. The number of aliphatic hydroxyl groups excluding tert-OH is 1. The number of furan rings is 1. The Bertz CT molecular complexity index is 672. The zero-order chi connectivity index (χ0) is 14.0. The molecule has 8 heteroatoms. The molecule has 2 N–H and O–H groups in total. The summed E-state index contributed by atoms with van der Waals surface area (Å²) in [7, 11) is -1.95. The fourth-order valence-electron chi connectivity index (χ4n) is 1.65. The number of aliphatic hydroxyl groups is 1. The minimum Gasteiger partial charge on any atom is -0.446 e. The monoisotopic (exact) mass is 285 g/mol. The normalized spacial score (nSPS) is 11.9. The molecule has 0 saturated heterocycles. The number of nitrogens with zero attached hydrogens (tertiary/aromatic N) is 2. The van der Waals surface area contributed by atoms with Gasteiger partial charge in [0, 0.05) is 25.4 Å². The van der Waals surface area contributed by atoms with Crippen molar-refractivity contribution in [2.24, 2.45) is 7.05 Å². The summed E-state index contributed by atoms with van der Waals surface area (Å²) >= 11 is 0. The van der Waals surface area contributed by atoms with Crippen LogP contribution >= 0.6 is 0 Å². The first kappa shape index (κ1) is 13.8. The second-order valence-corrected chi connectivity index (χ2v) is 5.81. The molecule has 7 nitrogen and oxygen atoms in total. The van der Waals surface area contributed by atoms with E-state index >= 15 is 0 Å². The largest absolute Gasteiger partial charge is 0.446 e. The van der Waals surface area contributed by atoms with Gasteiger partial charge < -0.3 is 9.52 Å². The van der Waals surface area contributed by atoms with E-state index in [-0.39, 0.29) is 24.0 Å². The van der Waals surface area contributed by atoms with Crippen LogP contribution in [0, 0.1) is 6.92 Å². The second kappa shape index (κ2) is 5.16. The lowest BCUT2D eigenvalue weighted by atomic mass is 10.3. The average Bonchev–Trinajstić information content (AvgIpc) is 2.94. The number of rotatable bonds is 5. The first-order chi connectivity index (χ1) is 8.92. The number of sulfonamides is 1. The molecule has 19 heavy (non-hydrogen) atoms. The molecule has 2 aromatic rings. The fourth-order valence-corrected chi connectivity index (χ4v) is 2.61. The molecule has 2 aromatic heterocycles. The van der Waals surface area contributed by atoms with Gasteiger partial charge in [0.15, 0.2) is 0 Å². The predicted molar refractivity (Wildman–Crippen MR) is 66.6 cm³/mol. The van der Waals surface area contributed by atoms with Crippen LogP contribution in [0.25, 0.3) is 0 Å². The number of nitrogens with one attached hydrogen (secondary N) is 1. The number of aryl methyl sites for hydroxylation is 2. The fraction of sp³-hybridized carbons (Fsp3) is 0.364. The van der Waals surface area contributed by atoms with Crippen LogP contribution in [0.5, 0.6) is 0 Å². The molecule has 0 bridgehead atoms. The van der Waals surface area contributed by atoms with E-state index in [4.69, 9.17) is 9.52 Å². The standard InChI is InChI=1S/C11H15N3O4S/c1-8-9(6-14(2)13-8)5-12-19(16,17)11-4-3-10(7-15)18-11/h3-4,6,12,15H,5,7H2,1-2H3. The van der Waals surface area contributed by atoms with Gasteiger partial charge in [0.05, 0.1) is 5.69 Å². The summed E-state index contributed by atoms with van der Waals surface area (Å²) < 4.78 is 32.9. The lowest BCUT2D eigenvalue weighted by molar-refractivity contribution is 0.236. The van der Waals surface area contributed by atoms with Crippen LogP contribution in [0.3, 0.4) is 0 Å². The summed E-state index contributed by atoms with van der Waals surface area (Å²) in [6.07, 6.45) is 1.75. The first-order valence-electron chi connectivity index (χ1n) is 5.61. The Morgan fingerprint density at radius 2 is 2.21 bits per heavy atom. The van der Waals surface area contributed by atoms with Crippen molar-refractivity contribution < 1.29 is 17.9 Å². The van der Waals surface area contributed by atoms with Crippen LogP contribution in [0.15, 0.2) is 27.8 Å². The van der Waals surface area contributed by atoms with Crippen LogP contribution in [0.2, 0.25) is 0 Å². The van der Waals surface area contributed by atoms with Gasteiger partial charge in [0.2, 0.25) is 5.09 Å². The topological polar surface area (TPSA) is 97.4 Å². The van der Waals surface area contributed by atoms with Crippen molar-refractivity contribution in [3.8, 4) is 0 Å². The number of hydrogen-bond donors (Lipinski definition) is 2. The molecule has 0 radical (unpaired) electrons. The predicted octanol–water partition coefficient (Wildman–Crippen LogP) is 0.292. The van der Waals surface area contributed by atoms with Crippen LogP contribution in [0.4, 0.5) is 0 Å². The molecule has 0 unspecified atom stereocenters. The van der Waals surface area contributed by atoms with E-state index in [0.717, 1.165) is 11.3 Å². The highest BCUT2D eigenvalue weighted by Gasteiger charge is 2.19. The third kappa shape index (κ3) is 3.03. The van der Waals surface area contributed by atoms with Gasteiger partial charge in [-0.05, 0) is 19.1 Å². The van der Waals surface area contributed by atoms with Crippen molar-refractivity contribution in [3.05, 3.63) is 35.3 Å². The van der Waals surface area contributed by atoms with E-state index in [1.165, 1.54) is 12.1 Å².